The van der Waals surface area contributed by atoms with Crippen LogP contribution in [0.2, 0.25) is 0 Å². The molecule has 0 aliphatic carbocycles. The number of nitrogens with one attached hydrogen (secondary N) is 1. The number of nitrogens with two attached hydrogens (primary N) is 1. The Hall–Kier alpha value is -2.09. The Bertz CT molecular complexity index is 383. The quantitative estimate of drug-likeness (QED) is 0.376. The number of hydrogen-bond donors (Lipinski definition) is 2. The molecule has 0 heterocycles. The van der Waals surface area contributed by atoms with Gasteiger partial charge in [0.15, 0.2) is 6.19 Å². The van der Waals surface area contributed by atoms with E-state index in [2.05, 4.69) is 0 Å². The van der Waals surface area contributed by atoms with Gasteiger partial charge in [0.2, 0.25) is 0 Å². The summed E-state index contributed by atoms with van der Waals surface area (Å²) in [7, 11) is 0. The lowest BCUT2D eigenvalue weighted by Gasteiger charge is -2.01. The number of nitrogens with zero attached hydrogens (tertiary/aromatic N) is 1. The molecule has 0 radical (unpaired) electrons. The standard InChI is InChI=1S/C8H6FN3O/c9-5-1-2-7(11)6(3-5)8(13)12-4-10/h1-3H,11H2,(H,12,13). The maximum atomic E-state index is 12.6. The average molecular weight is 179 g/mol. The van der Waals surface area contributed by atoms with Gasteiger partial charge in [-0.1, -0.05) is 0 Å². The van der Waals surface area contributed by atoms with Crippen LogP contribution in [0.1, 0.15) is 10.4 Å². The van der Waals surface area contributed by atoms with E-state index in [0.717, 1.165) is 12.1 Å². The molecule has 3 N–H and O–H groups in total. The molecule has 0 bridgehead atoms. The summed E-state index contributed by atoms with van der Waals surface area (Å²) in [4.78, 5) is 11.0. The van der Waals surface area contributed by atoms with Gasteiger partial charge < -0.3 is 5.73 Å². The van der Waals surface area contributed by atoms with Crippen molar-refractivity contribution in [2.45, 2.75) is 0 Å². The topological polar surface area (TPSA) is 78.9 Å². The van der Waals surface area contributed by atoms with E-state index in [9.17, 15) is 9.18 Å². The summed E-state index contributed by atoms with van der Waals surface area (Å²) in [6.45, 7) is 0. The maximum absolute atomic E-state index is 12.6. The molecule has 0 spiro atoms. The summed E-state index contributed by atoms with van der Waals surface area (Å²) in [5, 5.41) is 9.99. The summed E-state index contributed by atoms with van der Waals surface area (Å²) < 4.78 is 12.6. The third-order valence-corrected chi connectivity index (χ3v) is 1.43. The van der Waals surface area contributed by atoms with E-state index in [-0.39, 0.29) is 11.3 Å². The van der Waals surface area contributed by atoms with E-state index in [1.54, 1.807) is 0 Å². The van der Waals surface area contributed by atoms with Crippen LogP contribution < -0.4 is 11.1 Å². The molecule has 0 aromatic heterocycles. The molecule has 1 aromatic carbocycles. The molecule has 13 heavy (non-hydrogen) atoms. The smallest absolute Gasteiger partial charge is 0.266 e. The molecule has 0 saturated carbocycles. The predicted molar refractivity (Wildman–Crippen MR) is 43.9 cm³/mol. The highest BCUT2D eigenvalue weighted by molar-refractivity contribution is 5.99. The van der Waals surface area contributed by atoms with Gasteiger partial charge in [-0.2, -0.15) is 5.26 Å². The fraction of sp³-hybridized carbons (Fsp3) is 0. The minimum Gasteiger partial charge on any atom is -0.398 e. The molecule has 0 aliphatic heterocycles. The van der Waals surface area contributed by atoms with Crippen molar-refractivity contribution in [3.8, 4) is 6.19 Å². The summed E-state index contributed by atoms with van der Waals surface area (Å²) in [5.74, 6) is -1.28. The number of nitrogen functional groups attached to an aromatic ring is 1. The minimum absolute atomic E-state index is 0.0402. The van der Waals surface area contributed by atoms with Crippen molar-refractivity contribution in [2.75, 3.05) is 5.73 Å². The Morgan fingerprint density at radius 2 is 2.31 bits per heavy atom. The lowest BCUT2D eigenvalue weighted by molar-refractivity contribution is 0.0973. The normalized spacial score (nSPS) is 8.92. The Balaban J connectivity index is 3.07. The molecular weight excluding hydrogens is 173 g/mol. The van der Waals surface area contributed by atoms with Crippen molar-refractivity contribution in [3.05, 3.63) is 29.6 Å². The Morgan fingerprint density at radius 3 is 2.92 bits per heavy atom. The summed E-state index contributed by atoms with van der Waals surface area (Å²) in [5.41, 5.74) is 5.48. The molecule has 0 aliphatic rings. The van der Waals surface area contributed by atoms with E-state index < -0.39 is 11.7 Å². The van der Waals surface area contributed by atoms with Crippen molar-refractivity contribution < 1.29 is 9.18 Å². The van der Waals surface area contributed by atoms with Crippen LogP contribution in [0, 0.1) is 17.3 Å². The predicted octanol–water partition coefficient (Wildman–Crippen LogP) is 0.619. The molecule has 0 saturated heterocycles. The number of anilines is 1. The Labute approximate surface area is 73.8 Å². The second-order valence-electron chi connectivity index (χ2n) is 2.30. The van der Waals surface area contributed by atoms with Gasteiger partial charge >= 0.3 is 0 Å². The van der Waals surface area contributed by atoms with Crippen LogP contribution in [0.5, 0.6) is 0 Å². The first-order chi connectivity index (χ1) is 6.15. The first-order valence-corrected chi connectivity index (χ1v) is 3.39. The van der Waals surface area contributed by atoms with Gasteiger partial charge in [-0.25, -0.2) is 4.39 Å². The van der Waals surface area contributed by atoms with Gasteiger partial charge in [-0.05, 0) is 18.2 Å². The van der Waals surface area contributed by atoms with Crippen LogP contribution in [0.25, 0.3) is 0 Å². The van der Waals surface area contributed by atoms with E-state index in [0.29, 0.717) is 0 Å². The van der Waals surface area contributed by atoms with Crippen molar-refractivity contribution >= 4 is 11.6 Å². The summed E-state index contributed by atoms with van der Waals surface area (Å²) in [6, 6.07) is 3.38. The van der Waals surface area contributed by atoms with Crippen LogP contribution in [0.15, 0.2) is 18.2 Å². The zero-order valence-corrected chi connectivity index (χ0v) is 6.54. The highest BCUT2D eigenvalue weighted by atomic mass is 19.1. The molecule has 0 atom stereocenters. The zero-order valence-electron chi connectivity index (χ0n) is 6.54. The Kier molecular flexibility index (Phi) is 2.45. The molecule has 66 valence electrons. The minimum atomic E-state index is -0.709. The van der Waals surface area contributed by atoms with Gasteiger partial charge in [-0.15, -0.1) is 0 Å². The largest absolute Gasteiger partial charge is 0.398 e. The summed E-state index contributed by atoms with van der Waals surface area (Å²) >= 11 is 0. The molecule has 0 fully saturated rings. The van der Waals surface area contributed by atoms with Crippen LogP contribution in [-0.2, 0) is 0 Å². The van der Waals surface area contributed by atoms with Crippen molar-refractivity contribution in [3.63, 3.8) is 0 Å². The number of hydrogen-bond acceptors (Lipinski definition) is 3. The van der Waals surface area contributed by atoms with Crippen molar-refractivity contribution in [1.82, 2.24) is 5.32 Å². The number of nitriles is 1. The van der Waals surface area contributed by atoms with Gasteiger partial charge in [-0.3, -0.25) is 10.1 Å². The Morgan fingerprint density at radius 1 is 1.62 bits per heavy atom. The van der Waals surface area contributed by atoms with Gasteiger partial charge in [0.1, 0.15) is 5.82 Å². The fourth-order valence-corrected chi connectivity index (χ4v) is 0.843. The van der Waals surface area contributed by atoms with E-state index in [1.165, 1.54) is 12.3 Å². The number of rotatable bonds is 1. The number of benzene rings is 1. The average Bonchev–Trinajstić information content (AvgIpc) is 2.09. The SMILES string of the molecule is N#CNC(=O)c1cc(F)ccc1N. The highest BCUT2D eigenvalue weighted by Gasteiger charge is 2.09. The van der Waals surface area contributed by atoms with Crippen LogP contribution in [-0.4, -0.2) is 5.91 Å². The van der Waals surface area contributed by atoms with Gasteiger partial charge in [0, 0.05) is 5.69 Å². The monoisotopic (exact) mass is 179 g/mol. The second kappa shape index (κ2) is 3.54. The number of amides is 1. The zero-order chi connectivity index (χ0) is 9.84. The van der Waals surface area contributed by atoms with E-state index in [1.807, 2.05) is 5.32 Å². The highest BCUT2D eigenvalue weighted by Crippen LogP contribution is 2.12. The number of carbonyl (C=O) groups excluding carboxylic acids is 1. The number of halogens is 1. The van der Waals surface area contributed by atoms with Crippen molar-refractivity contribution in [1.29, 1.82) is 5.26 Å². The maximum Gasteiger partial charge on any atom is 0.266 e. The third kappa shape index (κ3) is 1.93. The van der Waals surface area contributed by atoms with E-state index >= 15 is 0 Å². The molecular formula is C8H6FN3O. The fourth-order valence-electron chi connectivity index (χ4n) is 0.843. The molecule has 1 rings (SSSR count). The van der Waals surface area contributed by atoms with Crippen LogP contribution in [0.4, 0.5) is 10.1 Å². The second-order valence-corrected chi connectivity index (χ2v) is 2.30. The first kappa shape index (κ1) is 9.00. The lowest BCUT2D eigenvalue weighted by Crippen LogP contribution is -2.19. The first-order valence-electron chi connectivity index (χ1n) is 3.39. The molecule has 5 heteroatoms. The van der Waals surface area contributed by atoms with E-state index in [4.69, 9.17) is 11.0 Å². The van der Waals surface area contributed by atoms with Crippen LogP contribution in [0.3, 0.4) is 0 Å². The van der Waals surface area contributed by atoms with Crippen molar-refractivity contribution in [2.24, 2.45) is 0 Å². The third-order valence-electron chi connectivity index (χ3n) is 1.43. The van der Waals surface area contributed by atoms with Crippen LogP contribution >= 0.6 is 0 Å². The molecule has 1 amide bonds. The van der Waals surface area contributed by atoms with Gasteiger partial charge in [0.05, 0.1) is 5.56 Å². The molecule has 1 aromatic rings. The number of carbonyl (C=O) groups is 1. The molecule has 4 nitrogen and oxygen atoms in total. The molecule has 0 unspecified atom stereocenters. The van der Waals surface area contributed by atoms with Gasteiger partial charge in [0.25, 0.3) is 5.91 Å². The summed E-state index contributed by atoms with van der Waals surface area (Å²) in [6.07, 6.45) is 1.44. The lowest BCUT2D eigenvalue weighted by atomic mass is 10.1.